The van der Waals surface area contributed by atoms with E-state index < -0.39 is 11.6 Å². The van der Waals surface area contributed by atoms with E-state index in [2.05, 4.69) is 49.9 Å². The molecule has 40 heavy (non-hydrogen) atoms. The first kappa shape index (κ1) is 28.1. The average Bonchev–Trinajstić information content (AvgIpc) is 2.97. The van der Waals surface area contributed by atoms with Crippen molar-refractivity contribution < 1.29 is 13.6 Å². The van der Waals surface area contributed by atoms with Crippen molar-refractivity contribution in [2.75, 3.05) is 38.1 Å². The lowest BCUT2D eigenvalue weighted by Gasteiger charge is -2.33. The highest BCUT2D eigenvalue weighted by Gasteiger charge is 2.15. The van der Waals surface area contributed by atoms with E-state index >= 15 is 0 Å². The fourth-order valence-electron chi connectivity index (χ4n) is 4.27. The van der Waals surface area contributed by atoms with Gasteiger partial charge in [0.15, 0.2) is 6.29 Å². The van der Waals surface area contributed by atoms with Gasteiger partial charge in [0.25, 0.3) is 5.56 Å². The largest absolute Gasteiger partial charge is 0.354 e. The lowest BCUT2D eigenvalue weighted by molar-refractivity contribution is 0.111. The molecule has 1 N–H and O–H groups in total. The number of H-pyrrole nitrogens is 1. The van der Waals surface area contributed by atoms with E-state index in [0.717, 1.165) is 38.1 Å². The number of carbonyl (C=O) groups excluding carboxylic acids is 1. The number of piperazine rings is 1. The maximum absolute atomic E-state index is 14.1. The van der Waals surface area contributed by atoms with Gasteiger partial charge in [0, 0.05) is 55.8 Å². The first-order chi connectivity index (χ1) is 19.3. The van der Waals surface area contributed by atoms with Crippen molar-refractivity contribution in [1.29, 1.82) is 5.26 Å². The number of fused-ring (bicyclic) bond motifs is 1. The van der Waals surface area contributed by atoms with Gasteiger partial charge in [-0.15, -0.1) is 5.92 Å². The van der Waals surface area contributed by atoms with Crippen molar-refractivity contribution in [2.45, 2.75) is 13.3 Å². The number of aromatic nitrogens is 3. The zero-order chi connectivity index (χ0) is 28.6. The Balaban J connectivity index is 0.000000210. The maximum Gasteiger partial charge on any atom is 0.272 e. The summed E-state index contributed by atoms with van der Waals surface area (Å²) >= 11 is 0. The van der Waals surface area contributed by atoms with Crippen molar-refractivity contribution >= 4 is 22.9 Å². The molecule has 10 heteroatoms. The van der Waals surface area contributed by atoms with Crippen LogP contribution in [0.1, 0.15) is 39.7 Å². The zero-order valence-electron chi connectivity index (χ0n) is 22.0. The van der Waals surface area contributed by atoms with E-state index in [1.165, 1.54) is 0 Å². The molecule has 202 valence electrons. The number of aromatic amines is 1. The van der Waals surface area contributed by atoms with Gasteiger partial charge in [0.05, 0.1) is 22.2 Å². The standard InChI is InChI=1S/C19H12F2N2O2.C11H14N4/c1-2-3-11-4-5-14-15(6-11)18(22-23-19(14)25)8-12-7-13(10-24)17(21)9-16(12)20;1-14-4-6-15(7-5-14)11-3-2-10(8-12)9-13-11/h4-7,9-10H,8H2,1H3,(H,23,25);2-3,9H,4-7H2,1H3. The molecule has 1 saturated heterocycles. The number of benzene rings is 2. The van der Waals surface area contributed by atoms with Crippen molar-refractivity contribution in [3.05, 3.63) is 98.6 Å². The van der Waals surface area contributed by atoms with E-state index in [0.29, 0.717) is 39.9 Å². The molecule has 1 aliphatic rings. The SMILES string of the molecule is CC#Cc1ccc2c(=O)[nH]nc(Cc3cc(C=O)c(F)cc3F)c2c1.CN1CCN(c2ccc(C#N)cn2)CC1. The summed E-state index contributed by atoms with van der Waals surface area (Å²) in [7, 11) is 2.13. The number of hydrogen-bond acceptors (Lipinski definition) is 7. The second kappa shape index (κ2) is 12.7. The van der Waals surface area contributed by atoms with Crippen molar-refractivity contribution in [2.24, 2.45) is 0 Å². The molecule has 0 unspecified atom stereocenters. The summed E-state index contributed by atoms with van der Waals surface area (Å²) in [6.07, 6.45) is 1.95. The van der Waals surface area contributed by atoms with Crippen molar-refractivity contribution in [3.8, 4) is 17.9 Å². The van der Waals surface area contributed by atoms with E-state index in [4.69, 9.17) is 5.26 Å². The third-order valence-electron chi connectivity index (χ3n) is 6.49. The zero-order valence-corrected chi connectivity index (χ0v) is 22.0. The number of hydrogen-bond donors (Lipinski definition) is 1. The molecule has 0 spiro atoms. The van der Waals surface area contributed by atoms with Crippen LogP contribution >= 0.6 is 0 Å². The maximum atomic E-state index is 14.1. The summed E-state index contributed by atoms with van der Waals surface area (Å²) in [5.41, 5.74) is 1.21. The van der Waals surface area contributed by atoms with Crippen molar-refractivity contribution in [1.82, 2.24) is 20.1 Å². The highest BCUT2D eigenvalue weighted by Crippen LogP contribution is 2.21. The molecule has 4 aromatic rings. The Bertz CT molecular complexity index is 1690. The molecule has 0 radical (unpaired) electrons. The Morgan fingerprint density at radius 1 is 1.02 bits per heavy atom. The van der Waals surface area contributed by atoms with Crippen LogP contribution in [0, 0.1) is 34.8 Å². The van der Waals surface area contributed by atoms with Gasteiger partial charge in [-0.1, -0.05) is 5.92 Å². The highest BCUT2D eigenvalue weighted by atomic mass is 19.1. The van der Waals surface area contributed by atoms with Crippen LogP contribution in [0.5, 0.6) is 0 Å². The molecule has 5 rings (SSSR count). The number of nitriles is 1. The summed E-state index contributed by atoms with van der Waals surface area (Å²) in [5, 5.41) is 15.9. The second-order valence-corrected chi connectivity index (χ2v) is 9.20. The van der Waals surface area contributed by atoms with Gasteiger partial charge < -0.3 is 9.80 Å². The molecule has 1 aliphatic heterocycles. The Morgan fingerprint density at radius 2 is 1.77 bits per heavy atom. The fourth-order valence-corrected chi connectivity index (χ4v) is 4.27. The number of halogens is 2. The third kappa shape index (κ3) is 6.55. The van der Waals surface area contributed by atoms with Gasteiger partial charge in [-0.2, -0.15) is 10.4 Å². The Labute approximate surface area is 229 Å². The number of likely N-dealkylation sites (N-methyl/N-ethyl adjacent to an activating group) is 1. The fraction of sp³-hybridized carbons (Fsp3) is 0.233. The minimum absolute atomic E-state index is 0.0107. The highest BCUT2D eigenvalue weighted by molar-refractivity contribution is 5.85. The average molecular weight is 541 g/mol. The van der Waals surface area contributed by atoms with Crippen LogP contribution in [0.2, 0.25) is 0 Å². The van der Waals surface area contributed by atoms with Crippen LogP contribution in [-0.2, 0) is 6.42 Å². The van der Waals surface area contributed by atoms with E-state index in [1.807, 2.05) is 12.1 Å². The lowest BCUT2D eigenvalue weighted by atomic mass is 10.0. The number of nitrogens with one attached hydrogen (secondary N) is 1. The topological polar surface area (TPSA) is 106 Å². The number of anilines is 1. The molecule has 8 nitrogen and oxygen atoms in total. The molecule has 3 heterocycles. The molecule has 2 aromatic heterocycles. The van der Waals surface area contributed by atoms with E-state index in [9.17, 15) is 18.4 Å². The number of rotatable bonds is 4. The molecule has 2 aromatic carbocycles. The predicted molar refractivity (Wildman–Crippen MR) is 148 cm³/mol. The third-order valence-corrected chi connectivity index (χ3v) is 6.49. The van der Waals surface area contributed by atoms with Gasteiger partial charge in [-0.05, 0) is 55.9 Å². The van der Waals surface area contributed by atoms with E-state index in [-0.39, 0.29) is 23.1 Å². The molecule has 0 bridgehead atoms. The molecule has 1 fully saturated rings. The van der Waals surface area contributed by atoms with Gasteiger partial charge >= 0.3 is 0 Å². The van der Waals surface area contributed by atoms with Gasteiger partial charge in [-0.25, -0.2) is 18.9 Å². The molecule has 0 aliphatic carbocycles. The summed E-state index contributed by atoms with van der Waals surface area (Å²) in [4.78, 5) is 31.7. The number of nitrogens with zero attached hydrogens (tertiary/aromatic N) is 5. The molecule has 0 amide bonds. The van der Waals surface area contributed by atoms with Crippen LogP contribution in [-0.4, -0.2) is 59.6 Å². The Morgan fingerprint density at radius 3 is 2.42 bits per heavy atom. The summed E-state index contributed by atoms with van der Waals surface area (Å²) in [6.45, 7) is 5.85. The number of pyridine rings is 1. The minimum atomic E-state index is -0.920. The monoisotopic (exact) mass is 540 g/mol. The smallest absolute Gasteiger partial charge is 0.272 e. The van der Waals surface area contributed by atoms with Crippen LogP contribution in [0.3, 0.4) is 0 Å². The molecule has 0 saturated carbocycles. The molecular weight excluding hydrogens is 514 g/mol. The van der Waals surface area contributed by atoms with Crippen molar-refractivity contribution in [3.63, 3.8) is 0 Å². The second-order valence-electron chi connectivity index (χ2n) is 9.20. The number of carbonyl (C=O) groups is 1. The van der Waals surface area contributed by atoms with Crippen LogP contribution < -0.4 is 10.5 Å². The summed E-state index contributed by atoms with van der Waals surface area (Å²) in [5.74, 6) is 4.92. The van der Waals surface area contributed by atoms with Gasteiger partial charge in [-0.3, -0.25) is 9.59 Å². The van der Waals surface area contributed by atoms with Crippen LogP contribution in [0.4, 0.5) is 14.6 Å². The summed E-state index contributed by atoms with van der Waals surface area (Å²) < 4.78 is 27.5. The molecule has 0 atom stereocenters. The van der Waals surface area contributed by atoms with Gasteiger partial charge in [0.2, 0.25) is 0 Å². The first-order valence-corrected chi connectivity index (χ1v) is 12.5. The summed E-state index contributed by atoms with van der Waals surface area (Å²) in [6, 6.07) is 12.7. The molecular formula is C30H26F2N6O2. The Hall–Kier alpha value is -4.93. The Kier molecular flexibility index (Phi) is 8.95. The predicted octanol–water partition coefficient (Wildman–Crippen LogP) is 3.68. The first-order valence-electron chi connectivity index (χ1n) is 12.5. The lowest BCUT2D eigenvalue weighted by Crippen LogP contribution is -2.44. The van der Waals surface area contributed by atoms with E-state index in [1.54, 1.807) is 31.3 Å². The van der Waals surface area contributed by atoms with Gasteiger partial charge in [0.1, 0.15) is 23.5 Å². The van der Waals surface area contributed by atoms with Crippen LogP contribution in [0.15, 0.2) is 53.5 Å². The number of aldehydes is 1. The van der Waals surface area contributed by atoms with Crippen LogP contribution in [0.25, 0.3) is 10.8 Å². The minimum Gasteiger partial charge on any atom is -0.354 e. The normalized spacial score (nSPS) is 13.0. The quantitative estimate of drug-likeness (QED) is 0.311.